The summed E-state index contributed by atoms with van der Waals surface area (Å²) >= 11 is 7.14. The van der Waals surface area contributed by atoms with E-state index in [9.17, 15) is 4.39 Å². The lowest BCUT2D eigenvalue weighted by Crippen LogP contribution is -2.05. The zero-order valence-electron chi connectivity index (χ0n) is 10.9. The van der Waals surface area contributed by atoms with Crippen LogP contribution in [0.4, 0.5) is 4.39 Å². The molecule has 3 rings (SSSR count). The van der Waals surface area contributed by atoms with Crippen LogP contribution in [-0.2, 0) is 6.42 Å². The number of benzene rings is 2. The summed E-state index contributed by atoms with van der Waals surface area (Å²) in [7, 11) is 0. The lowest BCUT2D eigenvalue weighted by Gasteiger charge is -2.14. The van der Waals surface area contributed by atoms with Crippen LogP contribution in [0.1, 0.15) is 28.4 Å². The fourth-order valence-electron chi connectivity index (χ4n) is 2.49. The first-order valence-corrected chi connectivity index (χ1v) is 8.14. The number of hydrogen-bond donors (Lipinski definition) is 0. The number of rotatable bonds is 2. The predicted molar refractivity (Wildman–Crippen MR) is 85.1 cm³/mol. The van der Waals surface area contributed by atoms with Gasteiger partial charge in [-0.2, -0.15) is 0 Å². The molecule has 4 heteroatoms. The first-order valence-electron chi connectivity index (χ1n) is 6.43. The molecule has 0 aliphatic carbocycles. The third-order valence-corrected chi connectivity index (χ3v) is 5.19. The van der Waals surface area contributed by atoms with Gasteiger partial charge in [-0.1, -0.05) is 44.0 Å². The molecule has 1 heterocycles. The molecule has 2 atom stereocenters. The molecule has 20 heavy (non-hydrogen) atoms. The van der Waals surface area contributed by atoms with Crippen LogP contribution in [0.5, 0.6) is 5.75 Å². The second kappa shape index (κ2) is 5.49. The summed E-state index contributed by atoms with van der Waals surface area (Å²) in [5.41, 5.74) is 3.21. The summed E-state index contributed by atoms with van der Waals surface area (Å²) in [6.07, 6.45) is 1.16. The number of fused-ring (bicyclic) bond motifs is 1. The highest BCUT2D eigenvalue weighted by Crippen LogP contribution is 2.39. The molecule has 1 aliphatic heterocycles. The molecule has 0 saturated carbocycles. The zero-order chi connectivity index (χ0) is 14.3. The van der Waals surface area contributed by atoms with Gasteiger partial charge in [0.05, 0.1) is 4.83 Å². The van der Waals surface area contributed by atoms with Gasteiger partial charge < -0.3 is 4.74 Å². The Morgan fingerprint density at radius 3 is 2.85 bits per heavy atom. The molecule has 0 fully saturated rings. The Bertz CT molecular complexity index is 657. The zero-order valence-corrected chi connectivity index (χ0v) is 14.0. The van der Waals surface area contributed by atoms with Gasteiger partial charge in [0.25, 0.3) is 0 Å². The summed E-state index contributed by atoms with van der Waals surface area (Å²) in [5, 5.41) is 0. The number of ether oxygens (including phenoxy) is 1. The molecule has 0 N–H and O–H groups in total. The van der Waals surface area contributed by atoms with Crippen LogP contribution in [0, 0.1) is 5.82 Å². The van der Waals surface area contributed by atoms with Gasteiger partial charge in [0.15, 0.2) is 0 Å². The summed E-state index contributed by atoms with van der Waals surface area (Å²) in [6, 6.07) is 10.9. The molecule has 0 radical (unpaired) electrons. The third kappa shape index (κ3) is 2.63. The summed E-state index contributed by atoms with van der Waals surface area (Å²) in [5.74, 6) is 0.727. The van der Waals surface area contributed by atoms with Crippen LogP contribution in [0.3, 0.4) is 0 Å². The molecule has 0 bridgehead atoms. The van der Waals surface area contributed by atoms with Gasteiger partial charge in [-0.15, -0.1) is 0 Å². The molecular formula is C16H13Br2FO. The average molecular weight is 400 g/mol. The van der Waals surface area contributed by atoms with Crippen LogP contribution < -0.4 is 4.74 Å². The number of halogens is 3. The van der Waals surface area contributed by atoms with Gasteiger partial charge in [-0.05, 0) is 47.9 Å². The quantitative estimate of drug-likeness (QED) is 0.614. The van der Waals surface area contributed by atoms with E-state index in [2.05, 4.69) is 44.8 Å². The Balaban J connectivity index is 1.97. The molecule has 2 aromatic carbocycles. The van der Waals surface area contributed by atoms with Crippen LogP contribution in [-0.4, -0.2) is 6.10 Å². The summed E-state index contributed by atoms with van der Waals surface area (Å²) in [6.45, 7) is 2.06. The number of alkyl halides is 1. The normalized spacial score (nSPS) is 18.5. The Morgan fingerprint density at radius 1 is 1.25 bits per heavy atom. The maximum absolute atomic E-state index is 13.4. The maximum atomic E-state index is 13.4. The van der Waals surface area contributed by atoms with Gasteiger partial charge >= 0.3 is 0 Å². The Morgan fingerprint density at radius 2 is 2.05 bits per heavy atom. The molecular weight excluding hydrogens is 387 g/mol. The SMILES string of the molecule is CC1Cc2cc(C(Br)c3cc(F)ccc3Br)ccc2O1. The fraction of sp³-hybridized carbons (Fsp3) is 0.250. The van der Waals surface area contributed by atoms with E-state index in [4.69, 9.17) is 4.74 Å². The highest BCUT2D eigenvalue weighted by Gasteiger charge is 2.21. The Hall–Kier alpha value is -0.870. The highest BCUT2D eigenvalue weighted by molar-refractivity contribution is 9.11. The van der Waals surface area contributed by atoms with E-state index < -0.39 is 0 Å². The minimum absolute atomic E-state index is 0.0474. The van der Waals surface area contributed by atoms with E-state index in [0.29, 0.717) is 0 Å². The van der Waals surface area contributed by atoms with E-state index in [1.165, 1.54) is 11.6 Å². The molecule has 104 valence electrons. The Labute approximate surface area is 134 Å². The Kier molecular flexibility index (Phi) is 3.87. The van der Waals surface area contributed by atoms with Crippen LogP contribution >= 0.6 is 31.9 Å². The van der Waals surface area contributed by atoms with Crippen LogP contribution in [0.15, 0.2) is 40.9 Å². The van der Waals surface area contributed by atoms with E-state index in [1.807, 2.05) is 12.1 Å². The predicted octanol–water partition coefficient (Wildman–Crippen LogP) is 5.40. The monoisotopic (exact) mass is 398 g/mol. The first kappa shape index (κ1) is 14.1. The lowest BCUT2D eigenvalue weighted by atomic mass is 10.0. The average Bonchev–Trinajstić information content (AvgIpc) is 2.79. The highest BCUT2D eigenvalue weighted by atomic mass is 79.9. The fourth-order valence-corrected chi connectivity index (χ4v) is 3.93. The first-order chi connectivity index (χ1) is 9.54. The van der Waals surface area contributed by atoms with Crippen LogP contribution in [0.2, 0.25) is 0 Å². The van der Waals surface area contributed by atoms with E-state index >= 15 is 0 Å². The molecule has 2 unspecified atom stereocenters. The van der Waals surface area contributed by atoms with Crippen molar-refractivity contribution in [3.8, 4) is 5.75 Å². The third-order valence-electron chi connectivity index (χ3n) is 3.44. The van der Waals surface area contributed by atoms with Gasteiger partial charge in [0, 0.05) is 10.9 Å². The second-order valence-corrected chi connectivity index (χ2v) is 6.80. The van der Waals surface area contributed by atoms with Crippen molar-refractivity contribution in [3.63, 3.8) is 0 Å². The smallest absolute Gasteiger partial charge is 0.123 e. The molecule has 1 nitrogen and oxygen atoms in total. The molecule has 0 aromatic heterocycles. The van der Waals surface area contributed by atoms with Crippen molar-refractivity contribution in [2.45, 2.75) is 24.3 Å². The van der Waals surface area contributed by atoms with Crippen molar-refractivity contribution < 1.29 is 9.13 Å². The lowest BCUT2D eigenvalue weighted by molar-refractivity contribution is 0.254. The number of hydrogen-bond acceptors (Lipinski definition) is 1. The minimum Gasteiger partial charge on any atom is -0.490 e. The van der Waals surface area contributed by atoms with Crippen molar-refractivity contribution in [3.05, 3.63) is 63.4 Å². The van der Waals surface area contributed by atoms with Gasteiger partial charge in [-0.3, -0.25) is 0 Å². The maximum Gasteiger partial charge on any atom is 0.123 e. The van der Waals surface area contributed by atoms with E-state index in [0.717, 1.165) is 27.8 Å². The molecule has 0 saturated heterocycles. The van der Waals surface area contributed by atoms with Gasteiger partial charge in [0.2, 0.25) is 0 Å². The van der Waals surface area contributed by atoms with E-state index in [1.54, 1.807) is 12.1 Å². The van der Waals surface area contributed by atoms with Gasteiger partial charge in [0.1, 0.15) is 17.7 Å². The largest absolute Gasteiger partial charge is 0.490 e. The van der Waals surface area contributed by atoms with Crippen molar-refractivity contribution in [1.82, 2.24) is 0 Å². The van der Waals surface area contributed by atoms with Crippen LogP contribution in [0.25, 0.3) is 0 Å². The second-order valence-electron chi connectivity index (χ2n) is 5.03. The molecule has 1 aliphatic rings. The molecule has 0 amide bonds. The van der Waals surface area contributed by atoms with Crippen molar-refractivity contribution >= 4 is 31.9 Å². The van der Waals surface area contributed by atoms with Crippen molar-refractivity contribution in [1.29, 1.82) is 0 Å². The van der Waals surface area contributed by atoms with Crippen molar-refractivity contribution in [2.75, 3.05) is 0 Å². The van der Waals surface area contributed by atoms with E-state index in [-0.39, 0.29) is 16.7 Å². The summed E-state index contributed by atoms with van der Waals surface area (Å²) < 4.78 is 20.0. The van der Waals surface area contributed by atoms with Crippen molar-refractivity contribution in [2.24, 2.45) is 0 Å². The standard InChI is InChI=1S/C16H13Br2FO/c1-9-6-11-7-10(2-5-15(11)20-9)16(18)13-8-12(19)3-4-14(13)17/h2-5,7-9,16H,6H2,1H3. The minimum atomic E-state index is -0.231. The van der Waals surface area contributed by atoms with Gasteiger partial charge in [-0.25, -0.2) is 4.39 Å². The topological polar surface area (TPSA) is 9.23 Å². The molecule has 2 aromatic rings. The summed E-state index contributed by atoms with van der Waals surface area (Å²) in [4.78, 5) is -0.0474. The molecule has 0 spiro atoms.